The molecule has 24 heavy (non-hydrogen) atoms. The zero-order valence-corrected chi connectivity index (χ0v) is 17.8. The molecule has 1 aliphatic carbocycles. The van der Waals surface area contributed by atoms with Crippen molar-refractivity contribution in [3.8, 4) is 0 Å². The Morgan fingerprint density at radius 3 is 2.50 bits per heavy atom. The molecule has 0 bridgehead atoms. The summed E-state index contributed by atoms with van der Waals surface area (Å²) in [5.41, 5.74) is -0.455. The maximum absolute atomic E-state index is 11.8. The highest BCUT2D eigenvalue weighted by molar-refractivity contribution is 14.0. The third-order valence-corrected chi connectivity index (χ3v) is 4.45. The standard InChI is InChI=1S/C17H32N4O2.HI/c1-17(2,3)23-15(22)11-19-16(18-4)20-13-9-10-21(12-13)14-7-5-6-8-14;/h13-14H,5-12H2,1-4H3,(H2,18,19,20);1H. The van der Waals surface area contributed by atoms with Crippen LogP contribution in [0.15, 0.2) is 4.99 Å². The van der Waals surface area contributed by atoms with Gasteiger partial charge in [-0.1, -0.05) is 12.8 Å². The van der Waals surface area contributed by atoms with E-state index in [1.165, 1.54) is 25.7 Å². The van der Waals surface area contributed by atoms with Crippen LogP contribution in [0.4, 0.5) is 0 Å². The monoisotopic (exact) mass is 452 g/mol. The molecule has 140 valence electrons. The molecular weight excluding hydrogens is 419 g/mol. The zero-order chi connectivity index (χ0) is 16.9. The molecule has 2 rings (SSSR count). The van der Waals surface area contributed by atoms with Gasteiger partial charge in [-0.2, -0.15) is 0 Å². The van der Waals surface area contributed by atoms with Crippen LogP contribution in [0.1, 0.15) is 52.9 Å². The first-order chi connectivity index (χ1) is 10.9. The van der Waals surface area contributed by atoms with E-state index < -0.39 is 5.60 Å². The van der Waals surface area contributed by atoms with Crippen molar-refractivity contribution in [1.82, 2.24) is 15.5 Å². The number of hydrogen-bond acceptors (Lipinski definition) is 4. The van der Waals surface area contributed by atoms with Crippen LogP contribution in [0.5, 0.6) is 0 Å². The SMILES string of the molecule is CN=C(NCC(=O)OC(C)(C)C)NC1CCN(C2CCCC2)C1.I. The lowest BCUT2D eigenvalue weighted by Gasteiger charge is -2.24. The minimum atomic E-state index is -0.455. The molecule has 2 aliphatic rings. The topological polar surface area (TPSA) is 66.0 Å². The van der Waals surface area contributed by atoms with Gasteiger partial charge in [0.1, 0.15) is 12.1 Å². The normalized spacial score (nSPS) is 23.0. The van der Waals surface area contributed by atoms with E-state index in [-0.39, 0.29) is 36.5 Å². The number of ether oxygens (including phenoxy) is 1. The first-order valence-electron chi connectivity index (χ1n) is 8.80. The molecule has 7 heteroatoms. The highest BCUT2D eigenvalue weighted by Gasteiger charge is 2.30. The van der Waals surface area contributed by atoms with E-state index in [1.54, 1.807) is 7.05 Å². The highest BCUT2D eigenvalue weighted by atomic mass is 127. The predicted octanol–water partition coefficient (Wildman–Crippen LogP) is 2.13. The van der Waals surface area contributed by atoms with Crippen molar-refractivity contribution in [2.75, 3.05) is 26.7 Å². The molecule has 1 saturated carbocycles. The van der Waals surface area contributed by atoms with Crippen molar-refractivity contribution in [2.24, 2.45) is 4.99 Å². The van der Waals surface area contributed by atoms with Gasteiger partial charge < -0.3 is 15.4 Å². The Labute approximate surface area is 163 Å². The van der Waals surface area contributed by atoms with Crippen molar-refractivity contribution in [1.29, 1.82) is 0 Å². The summed E-state index contributed by atoms with van der Waals surface area (Å²) in [5.74, 6) is 0.411. The van der Waals surface area contributed by atoms with E-state index in [0.717, 1.165) is 25.6 Å². The Hall–Kier alpha value is -0.570. The van der Waals surface area contributed by atoms with Gasteiger partial charge in [0.15, 0.2) is 5.96 Å². The average molecular weight is 452 g/mol. The van der Waals surface area contributed by atoms with Crippen molar-refractivity contribution in [2.45, 2.75) is 70.6 Å². The quantitative estimate of drug-likeness (QED) is 0.296. The van der Waals surface area contributed by atoms with Gasteiger partial charge in [-0.15, -0.1) is 24.0 Å². The predicted molar refractivity (Wildman–Crippen MR) is 108 cm³/mol. The van der Waals surface area contributed by atoms with E-state index in [1.807, 2.05) is 20.8 Å². The number of guanidine groups is 1. The minimum absolute atomic E-state index is 0. The molecule has 0 aromatic carbocycles. The maximum Gasteiger partial charge on any atom is 0.325 e. The second kappa shape index (κ2) is 9.79. The lowest BCUT2D eigenvalue weighted by molar-refractivity contribution is -0.153. The van der Waals surface area contributed by atoms with Crippen molar-refractivity contribution in [3.05, 3.63) is 0 Å². The number of likely N-dealkylation sites (tertiary alicyclic amines) is 1. The van der Waals surface area contributed by atoms with Crippen LogP contribution in [0.25, 0.3) is 0 Å². The summed E-state index contributed by atoms with van der Waals surface area (Å²) in [6.07, 6.45) is 6.57. The first kappa shape index (κ1) is 21.5. The molecule has 1 unspecified atom stereocenters. The Bertz CT molecular complexity index is 431. The summed E-state index contributed by atoms with van der Waals surface area (Å²) in [6.45, 7) is 7.97. The van der Waals surface area contributed by atoms with E-state index in [2.05, 4.69) is 20.5 Å². The lowest BCUT2D eigenvalue weighted by atomic mass is 10.2. The number of halogens is 1. The van der Waals surface area contributed by atoms with Gasteiger partial charge in [0.05, 0.1) is 0 Å². The van der Waals surface area contributed by atoms with Gasteiger partial charge in [0.2, 0.25) is 0 Å². The largest absolute Gasteiger partial charge is 0.459 e. The third-order valence-electron chi connectivity index (χ3n) is 4.45. The number of esters is 1. The Balaban J connectivity index is 0.00000288. The van der Waals surface area contributed by atoms with Crippen LogP contribution >= 0.6 is 24.0 Å². The molecule has 1 saturated heterocycles. The van der Waals surface area contributed by atoms with E-state index in [9.17, 15) is 4.79 Å². The molecule has 2 fully saturated rings. The van der Waals surface area contributed by atoms with E-state index >= 15 is 0 Å². The van der Waals surface area contributed by atoms with Gasteiger partial charge >= 0.3 is 5.97 Å². The fourth-order valence-electron chi connectivity index (χ4n) is 3.43. The minimum Gasteiger partial charge on any atom is -0.459 e. The summed E-state index contributed by atoms with van der Waals surface area (Å²) >= 11 is 0. The van der Waals surface area contributed by atoms with Crippen molar-refractivity contribution < 1.29 is 9.53 Å². The van der Waals surface area contributed by atoms with Crippen molar-refractivity contribution in [3.63, 3.8) is 0 Å². The average Bonchev–Trinajstić information content (AvgIpc) is 3.12. The summed E-state index contributed by atoms with van der Waals surface area (Å²) in [6, 6.07) is 1.18. The molecule has 6 nitrogen and oxygen atoms in total. The van der Waals surface area contributed by atoms with Gasteiger partial charge in [-0.25, -0.2) is 0 Å². The fourth-order valence-corrected chi connectivity index (χ4v) is 3.43. The molecule has 2 N–H and O–H groups in total. The van der Waals surface area contributed by atoms with E-state index in [4.69, 9.17) is 4.74 Å². The van der Waals surface area contributed by atoms with Gasteiger partial charge in [-0.3, -0.25) is 14.7 Å². The highest BCUT2D eigenvalue weighted by Crippen LogP contribution is 2.26. The van der Waals surface area contributed by atoms with Crippen LogP contribution in [-0.2, 0) is 9.53 Å². The molecule has 1 atom stereocenters. The number of hydrogen-bond donors (Lipinski definition) is 2. The number of nitrogens with zero attached hydrogens (tertiary/aromatic N) is 2. The second-order valence-electron chi connectivity index (χ2n) is 7.58. The first-order valence-corrected chi connectivity index (χ1v) is 8.80. The lowest BCUT2D eigenvalue weighted by Crippen LogP contribution is -2.47. The molecule has 0 amide bonds. The zero-order valence-electron chi connectivity index (χ0n) is 15.4. The summed E-state index contributed by atoms with van der Waals surface area (Å²) in [5, 5.41) is 6.48. The van der Waals surface area contributed by atoms with Gasteiger partial charge in [0.25, 0.3) is 0 Å². The number of carbonyl (C=O) groups excluding carboxylic acids is 1. The molecular formula is C17H33IN4O2. The molecule has 1 aliphatic heterocycles. The van der Waals surface area contributed by atoms with Crippen LogP contribution in [0.2, 0.25) is 0 Å². The Kier molecular flexibility index (Phi) is 8.76. The van der Waals surface area contributed by atoms with Gasteiger partial charge in [0, 0.05) is 32.2 Å². The molecule has 1 heterocycles. The van der Waals surface area contributed by atoms with Crippen LogP contribution in [0, 0.1) is 0 Å². The number of carbonyl (C=O) groups is 1. The van der Waals surface area contributed by atoms with Crippen molar-refractivity contribution >= 4 is 35.9 Å². The smallest absolute Gasteiger partial charge is 0.325 e. The molecule has 0 radical (unpaired) electrons. The molecule has 0 aromatic rings. The van der Waals surface area contributed by atoms with Crippen LogP contribution in [-0.4, -0.2) is 61.2 Å². The van der Waals surface area contributed by atoms with Gasteiger partial charge in [-0.05, 0) is 40.0 Å². The van der Waals surface area contributed by atoms with E-state index in [0.29, 0.717) is 12.0 Å². The van der Waals surface area contributed by atoms with Crippen LogP contribution in [0.3, 0.4) is 0 Å². The Morgan fingerprint density at radius 1 is 1.25 bits per heavy atom. The fraction of sp³-hybridized carbons (Fsp3) is 0.882. The number of rotatable bonds is 4. The molecule has 0 aromatic heterocycles. The maximum atomic E-state index is 11.8. The third kappa shape index (κ3) is 7.13. The summed E-state index contributed by atoms with van der Waals surface area (Å²) in [7, 11) is 1.73. The Morgan fingerprint density at radius 2 is 1.92 bits per heavy atom. The summed E-state index contributed by atoms with van der Waals surface area (Å²) < 4.78 is 5.29. The second-order valence-corrected chi connectivity index (χ2v) is 7.58. The summed E-state index contributed by atoms with van der Waals surface area (Å²) in [4.78, 5) is 18.6. The number of nitrogens with one attached hydrogen (secondary N) is 2. The van der Waals surface area contributed by atoms with Crippen LogP contribution < -0.4 is 10.6 Å². The number of aliphatic imine (C=N–C) groups is 1. The molecule has 0 spiro atoms.